The lowest BCUT2D eigenvalue weighted by Crippen LogP contribution is -2.24. The number of fused-ring (bicyclic) bond motifs is 1. The third-order valence-corrected chi connectivity index (χ3v) is 3.45. The summed E-state index contributed by atoms with van der Waals surface area (Å²) in [6, 6.07) is 6.21. The first-order valence-corrected chi connectivity index (χ1v) is 6.31. The van der Waals surface area contributed by atoms with E-state index in [1.54, 1.807) is 19.1 Å². The van der Waals surface area contributed by atoms with E-state index in [1.165, 1.54) is 25.4 Å². The number of benzene rings is 1. The van der Waals surface area contributed by atoms with Crippen LogP contribution in [0.2, 0.25) is 0 Å². The first kappa shape index (κ1) is 13.1. The smallest absolute Gasteiger partial charge is 0.261 e. The zero-order valence-electron chi connectivity index (χ0n) is 11.5. The first-order chi connectivity index (χ1) is 9.99. The molecular weight excluding hydrogens is 272 g/mol. The van der Waals surface area contributed by atoms with Gasteiger partial charge in [0.05, 0.1) is 23.0 Å². The third-order valence-electron chi connectivity index (χ3n) is 3.45. The molecule has 1 aliphatic heterocycles. The number of nitrogens with one attached hydrogen (secondary N) is 1. The zero-order chi connectivity index (χ0) is 15.1. The van der Waals surface area contributed by atoms with E-state index in [0.717, 1.165) is 4.90 Å². The highest BCUT2D eigenvalue weighted by Crippen LogP contribution is 2.25. The first-order valence-electron chi connectivity index (χ1n) is 6.31. The van der Waals surface area contributed by atoms with E-state index in [2.05, 4.69) is 5.32 Å². The van der Waals surface area contributed by atoms with Gasteiger partial charge in [-0.15, -0.1) is 0 Å². The summed E-state index contributed by atoms with van der Waals surface area (Å²) in [6.07, 6.45) is 1.43. The topological polar surface area (TPSA) is 79.6 Å². The van der Waals surface area contributed by atoms with Gasteiger partial charge >= 0.3 is 0 Å². The number of anilines is 1. The van der Waals surface area contributed by atoms with Gasteiger partial charge in [0.15, 0.2) is 0 Å². The Kier molecular flexibility index (Phi) is 2.86. The average Bonchev–Trinajstić information content (AvgIpc) is 2.98. The van der Waals surface area contributed by atoms with Crippen molar-refractivity contribution in [3.63, 3.8) is 0 Å². The van der Waals surface area contributed by atoms with Gasteiger partial charge in [-0.25, -0.2) is 0 Å². The van der Waals surface area contributed by atoms with Crippen molar-refractivity contribution in [3.05, 3.63) is 53.0 Å². The maximum Gasteiger partial charge on any atom is 0.261 e. The van der Waals surface area contributed by atoms with Crippen LogP contribution in [0.1, 0.15) is 36.8 Å². The van der Waals surface area contributed by atoms with E-state index in [-0.39, 0.29) is 17.7 Å². The Bertz CT molecular complexity index is 776. The number of amides is 3. The highest BCUT2D eigenvalue weighted by Gasteiger charge is 2.32. The van der Waals surface area contributed by atoms with E-state index in [9.17, 15) is 14.4 Å². The second-order valence-electron chi connectivity index (χ2n) is 4.77. The molecule has 0 aliphatic carbocycles. The zero-order valence-corrected chi connectivity index (χ0v) is 11.5. The van der Waals surface area contributed by atoms with Gasteiger partial charge in [0.1, 0.15) is 5.76 Å². The quantitative estimate of drug-likeness (QED) is 0.856. The standard InChI is InChI=1S/C15H12N2O4/c1-8-10(5-6-21-8)13(18)16-9-3-4-11-12(7-9)15(20)17(2)14(11)19/h3-7H,1-2H3,(H,16,18). The summed E-state index contributed by atoms with van der Waals surface area (Å²) in [7, 11) is 1.43. The number of rotatable bonds is 2. The minimum atomic E-state index is -0.370. The van der Waals surface area contributed by atoms with Crippen molar-refractivity contribution in [3.8, 4) is 0 Å². The van der Waals surface area contributed by atoms with E-state index in [1.807, 2.05) is 0 Å². The molecular formula is C15H12N2O4. The average molecular weight is 284 g/mol. The van der Waals surface area contributed by atoms with Crippen LogP contribution in [0.4, 0.5) is 5.69 Å². The highest BCUT2D eigenvalue weighted by molar-refractivity contribution is 6.21. The maximum absolute atomic E-state index is 12.1. The van der Waals surface area contributed by atoms with Gasteiger partial charge in [0.25, 0.3) is 17.7 Å². The number of furan rings is 1. The van der Waals surface area contributed by atoms with Crippen LogP contribution in [0.3, 0.4) is 0 Å². The molecule has 6 heteroatoms. The number of aryl methyl sites for hydroxylation is 1. The Balaban J connectivity index is 1.89. The Morgan fingerprint density at radius 2 is 1.86 bits per heavy atom. The molecule has 3 rings (SSSR count). The Hall–Kier alpha value is -2.89. The molecule has 21 heavy (non-hydrogen) atoms. The van der Waals surface area contributed by atoms with Crippen LogP contribution in [0.25, 0.3) is 0 Å². The predicted molar refractivity (Wildman–Crippen MR) is 74.3 cm³/mol. The molecule has 0 atom stereocenters. The number of nitrogens with zero attached hydrogens (tertiary/aromatic N) is 1. The second-order valence-corrected chi connectivity index (χ2v) is 4.77. The molecule has 2 aromatic rings. The molecule has 0 fully saturated rings. The van der Waals surface area contributed by atoms with Gasteiger partial charge in [-0.2, -0.15) is 0 Å². The summed E-state index contributed by atoms with van der Waals surface area (Å²) >= 11 is 0. The number of hydrogen-bond donors (Lipinski definition) is 1. The van der Waals surface area contributed by atoms with E-state index in [4.69, 9.17) is 4.42 Å². The van der Waals surface area contributed by atoms with Gasteiger partial charge < -0.3 is 9.73 Å². The molecule has 0 saturated heterocycles. The van der Waals surface area contributed by atoms with Crippen molar-refractivity contribution in [2.45, 2.75) is 6.92 Å². The van der Waals surface area contributed by atoms with Crippen LogP contribution < -0.4 is 5.32 Å². The second kappa shape index (κ2) is 4.59. The molecule has 2 heterocycles. The van der Waals surface area contributed by atoms with Crippen molar-refractivity contribution in [2.24, 2.45) is 0 Å². The molecule has 3 amide bonds. The summed E-state index contributed by atoms with van der Waals surface area (Å²) in [4.78, 5) is 36.8. The Morgan fingerprint density at radius 1 is 1.14 bits per heavy atom. The largest absolute Gasteiger partial charge is 0.469 e. The highest BCUT2D eigenvalue weighted by atomic mass is 16.3. The lowest BCUT2D eigenvalue weighted by atomic mass is 10.1. The number of carbonyl (C=O) groups is 3. The van der Waals surface area contributed by atoms with E-state index < -0.39 is 0 Å². The van der Waals surface area contributed by atoms with Crippen LogP contribution in [-0.4, -0.2) is 29.7 Å². The minimum Gasteiger partial charge on any atom is -0.469 e. The molecule has 0 radical (unpaired) electrons. The molecule has 0 spiro atoms. The molecule has 106 valence electrons. The minimum absolute atomic E-state index is 0.296. The number of carbonyl (C=O) groups excluding carboxylic acids is 3. The van der Waals surface area contributed by atoms with Crippen molar-refractivity contribution >= 4 is 23.4 Å². The molecule has 1 N–H and O–H groups in total. The van der Waals surface area contributed by atoms with Crippen molar-refractivity contribution < 1.29 is 18.8 Å². The third kappa shape index (κ3) is 2.01. The molecule has 0 unspecified atom stereocenters. The normalized spacial score (nSPS) is 13.5. The lowest BCUT2D eigenvalue weighted by molar-refractivity contribution is 0.0692. The van der Waals surface area contributed by atoms with Crippen LogP contribution in [0.5, 0.6) is 0 Å². The molecule has 1 aliphatic rings. The number of imide groups is 1. The van der Waals surface area contributed by atoms with Crippen LogP contribution in [-0.2, 0) is 0 Å². The summed E-state index contributed by atoms with van der Waals surface area (Å²) in [6.45, 7) is 1.69. The Morgan fingerprint density at radius 3 is 2.52 bits per heavy atom. The summed E-state index contributed by atoms with van der Waals surface area (Å²) in [5, 5.41) is 2.68. The molecule has 6 nitrogen and oxygen atoms in total. The fraction of sp³-hybridized carbons (Fsp3) is 0.133. The summed E-state index contributed by atoms with van der Waals surface area (Å²) < 4.78 is 5.08. The predicted octanol–water partition coefficient (Wildman–Crippen LogP) is 2.07. The van der Waals surface area contributed by atoms with E-state index in [0.29, 0.717) is 28.1 Å². The fourth-order valence-electron chi connectivity index (χ4n) is 2.26. The summed E-state index contributed by atoms with van der Waals surface area (Å²) in [5.74, 6) is -0.518. The van der Waals surface area contributed by atoms with E-state index >= 15 is 0 Å². The van der Waals surface area contributed by atoms with Gasteiger partial charge in [-0.3, -0.25) is 19.3 Å². The van der Waals surface area contributed by atoms with Crippen LogP contribution >= 0.6 is 0 Å². The van der Waals surface area contributed by atoms with Gasteiger partial charge in [0, 0.05) is 12.7 Å². The molecule has 1 aromatic heterocycles. The van der Waals surface area contributed by atoms with Gasteiger partial charge in [0.2, 0.25) is 0 Å². The van der Waals surface area contributed by atoms with Crippen molar-refractivity contribution in [1.29, 1.82) is 0 Å². The van der Waals surface area contributed by atoms with Crippen LogP contribution in [0, 0.1) is 6.92 Å². The molecule has 0 bridgehead atoms. The monoisotopic (exact) mass is 284 g/mol. The Labute approximate surface area is 120 Å². The number of hydrogen-bond acceptors (Lipinski definition) is 4. The maximum atomic E-state index is 12.1. The van der Waals surface area contributed by atoms with Crippen molar-refractivity contribution in [2.75, 3.05) is 12.4 Å². The molecule has 0 saturated carbocycles. The van der Waals surface area contributed by atoms with Crippen molar-refractivity contribution in [1.82, 2.24) is 4.90 Å². The summed E-state index contributed by atoms with van der Waals surface area (Å²) in [5.41, 5.74) is 1.52. The van der Waals surface area contributed by atoms with Gasteiger partial charge in [-0.05, 0) is 31.2 Å². The molecule has 1 aromatic carbocycles. The van der Waals surface area contributed by atoms with Gasteiger partial charge in [-0.1, -0.05) is 0 Å². The fourth-order valence-corrected chi connectivity index (χ4v) is 2.26. The van der Waals surface area contributed by atoms with Crippen LogP contribution in [0.15, 0.2) is 34.9 Å². The SMILES string of the molecule is Cc1occc1C(=O)Nc1ccc2c(c1)C(=O)N(C)C2=O. The lowest BCUT2D eigenvalue weighted by Gasteiger charge is -2.05.